The molecule has 1 aromatic heterocycles. The highest BCUT2D eigenvalue weighted by Gasteiger charge is 2.50. The number of hydrogen-bond donors (Lipinski definition) is 3. The van der Waals surface area contributed by atoms with Crippen molar-refractivity contribution in [2.45, 2.75) is 31.7 Å². The van der Waals surface area contributed by atoms with Crippen LogP contribution in [0.25, 0.3) is 10.9 Å². The molecule has 210 valence electrons. The van der Waals surface area contributed by atoms with E-state index in [9.17, 15) is 19.5 Å². The van der Waals surface area contributed by atoms with Crippen LogP contribution in [-0.4, -0.2) is 85.3 Å². The minimum absolute atomic E-state index is 0.0387. The molecule has 0 bridgehead atoms. The number of urea groups is 1. The van der Waals surface area contributed by atoms with Gasteiger partial charge in [0, 0.05) is 31.9 Å². The lowest BCUT2D eigenvalue weighted by Crippen LogP contribution is -2.76. The molecule has 3 heterocycles. The second kappa shape index (κ2) is 10.9. The highest BCUT2D eigenvalue weighted by molar-refractivity contribution is 5.92. The van der Waals surface area contributed by atoms with Gasteiger partial charge in [0.25, 0.3) is 0 Å². The minimum atomic E-state index is -0.826. The molecule has 0 saturated carbocycles. The first kappa shape index (κ1) is 26.3. The molecule has 3 aromatic carbocycles. The summed E-state index contributed by atoms with van der Waals surface area (Å²) in [6, 6.07) is 20.8. The largest absolute Gasteiger partial charge is 0.508 e. The van der Waals surface area contributed by atoms with Gasteiger partial charge in [-0.3, -0.25) is 14.7 Å². The number of H-pyrrole nitrogens is 1. The molecule has 4 aromatic rings. The molecule has 0 aliphatic carbocycles. The minimum Gasteiger partial charge on any atom is -0.508 e. The maximum atomic E-state index is 14.1. The van der Waals surface area contributed by atoms with Crippen molar-refractivity contribution >= 4 is 28.7 Å². The number of carbonyl (C=O) groups excluding carboxylic acids is 3. The van der Waals surface area contributed by atoms with Crippen molar-refractivity contribution in [3.8, 4) is 5.75 Å². The van der Waals surface area contributed by atoms with Crippen LogP contribution in [0.5, 0.6) is 5.75 Å². The number of rotatable bonds is 6. The van der Waals surface area contributed by atoms with Gasteiger partial charge >= 0.3 is 6.03 Å². The lowest BCUT2D eigenvalue weighted by atomic mass is 9.98. The van der Waals surface area contributed by atoms with Crippen molar-refractivity contribution in [1.82, 2.24) is 35.3 Å². The quantitative estimate of drug-likeness (QED) is 0.337. The molecule has 2 fully saturated rings. The molecule has 2 aliphatic heterocycles. The van der Waals surface area contributed by atoms with E-state index < -0.39 is 12.2 Å². The number of aromatic amines is 1. The lowest BCUT2D eigenvalue weighted by molar-refractivity contribution is -0.187. The van der Waals surface area contributed by atoms with Crippen LogP contribution in [0.3, 0.4) is 0 Å². The summed E-state index contributed by atoms with van der Waals surface area (Å²) in [5.41, 5.74) is 3.53. The summed E-state index contributed by atoms with van der Waals surface area (Å²) in [5, 5.41) is 23.9. The van der Waals surface area contributed by atoms with E-state index in [0.29, 0.717) is 13.1 Å². The Morgan fingerprint density at radius 1 is 1.02 bits per heavy atom. The molecular formula is C30H31N7O4. The predicted molar refractivity (Wildman–Crippen MR) is 151 cm³/mol. The summed E-state index contributed by atoms with van der Waals surface area (Å²) in [6.07, 6.45) is 1.28. The maximum absolute atomic E-state index is 14.1. The zero-order valence-electron chi connectivity index (χ0n) is 22.6. The Morgan fingerprint density at radius 2 is 1.80 bits per heavy atom. The highest BCUT2D eigenvalue weighted by atomic mass is 16.3. The van der Waals surface area contributed by atoms with E-state index in [1.54, 1.807) is 57.3 Å². The van der Waals surface area contributed by atoms with Crippen LogP contribution in [0.4, 0.5) is 4.79 Å². The van der Waals surface area contributed by atoms with Crippen LogP contribution in [0.2, 0.25) is 0 Å². The van der Waals surface area contributed by atoms with Crippen molar-refractivity contribution in [3.05, 3.63) is 95.7 Å². The summed E-state index contributed by atoms with van der Waals surface area (Å²) in [7, 11) is 1.71. The Kier molecular flexibility index (Phi) is 7.02. The van der Waals surface area contributed by atoms with Gasteiger partial charge in [0.1, 0.15) is 18.0 Å². The maximum Gasteiger partial charge on any atom is 0.334 e. The molecular weight excluding hydrogens is 522 g/mol. The lowest BCUT2D eigenvalue weighted by Gasteiger charge is -2.54. The molecule has 2 atom stereocenters. The number of likely N-dealkylation sites (N-methyl/N-ethyl adjacent to an activating group) is 1. The predicted octanol–water partition coefficient (Wildman–Crippen LogP) is 2.45. The van der Waals surface area contributed by atoms with Crippen LogP contribution in [0.1, 0.15) is 16.7 Å². The van der Waals surface area contributed by atoms with Gasteiger partial charge in [0.15, 0.2) is 0 Å². The van der Waals surface area contributed by atoms with Gasteiger partial charge in [0.2, 0.25) is 11.8 Å². The molecule has 4 amide bonds. The molecule has 11 nitrogen and oxygen atoms in total. The number of nitrogens with one attached hydrogen (secondary N) is 2. The number of phenols is 1. The summed E-state index contributed by atoms with van der Waals surface area (Å²) in [5.74, 6) is -0.302. The number of piperazine rings is 1. The second-order valence-corrected chi connectivity index (χ2v) is 10.4. The van der Waals surface area contributed by atoms with Gasteiger partial charge in [-0.2, -0.15) is 5.10 Å². The standard InChI is InChI=1S/C30H31N7O4/c1-34-19-28(39)36-26(14-20-10-12-23(38)13-11-20)29(40)35(17-22-8-5-9-25-24(22)16-32-33-25)18-27(36)37(34)30(41)31-15-21-6-3-2-4-7-21/h2-13,16,26-27,38H,14-15,17-19H2,1H3,(H,31,41)(H,32,33)/t26-,27-/m0/s1. The zero-order valence-corrected chi connectivity index (χ0v) is 22.6. The van der Waals surface area contributed by atoms with Gasteiger partial charge in [-0.05, 0) is 34.9 Å². The van der Waals surface area contributed by atoms with Crippen LogP contribution in [-0.2, 0) is 29.1 Å². The van der Waals surface area contributed by atoms with E-state index in [-0.39, 0.29) is 43.1 Å². The van der Waals surface area contributed by atoms with Crippen molar-refractivity contribution in [3.63, 3.8) is 0 Å². The third-order valence-corrected chi connectivity index (χ3v) is 7.74. The van der Waals surface area contributed by atoms with E-state index >= 15 is 0 Å². The Morgan fingerprint density at radius 3 is 2.59 bits per heavy atom. The van der Waals surface area contributed by atoms with Crippen molar-refractivity contribution in [2.24, 2.45) is 0 Å². The molecule has 0 unspecified atom stereocenters. The smallest absolute Gasteiger partial charge is 0.334 e. The first-order valence-electron chi connectivity index (χ1n) is 13.5. The fourth-order valence-corrected chi connectivity index (χ4v) is 5.73. The number of carbonyl (C=O) groups is 3. The van der Waals surface area contributed by atoms with Crippen molar-refractivity contribution < 1.29 is 19.5 Å². The normalized spacial score (nSPS) is 19.5. The SMILES string of the molecule is CN1CC(=O)N2[C@@H](Cc3ccc(O)cc3)C(=O)N(Cc3cccc4[nH]ncc34)C[C@@H]2N1C(=O)NCc1ccccc1. The Balaban J connectivity index is 1.33. The average molecular weight is 554 g/mol. The van der Waals surface area contributed by atoms with Crippen molar-refractivity contribution in [2.75, 3.05) is 20.1 Å². The van der Waals surface area contributed by atoms with Gasteiger partial charge in [-0.1, -0.05) is 54.6 Å². The Bertz CT molecular complexity index is 1570. The number of benzene rings is 3. The fourth-order valence-electron chi connectivity index (χ4n) is 5.73. The Labute approximate surface area is 236 Å². The number of hydrazine groups is 1. The molecule has 11 heteroatoms. The van der Waals surface area contributed by atoms with E-state index in [0.717, 1.165) is 27.6 Å². The summed E-state index contributed by atoms with van der Waals surface area (Å²) in [6.45, 7) is 0.729. The number of amides is 4. The Hall–Kier alpha value is -4.90. The van der Waals surface area contributed by atoms with Crippen LogP contribution in [0, 0.1) is 0 Å². The molecule has 3 N–H and O–H groups in total. The van der Waals surface area contributed by atoms with Crippen LogP contribution >= 0.6 is 0 Å². The number of hydrogen-bond acceptors (Lipinski definition) is 6. The van der Waals surface area contributed by atoms with Crippen LogP contribution < -0.4 is 5.32 Å². The third-order valence-electron chi connectivity index (χ3n) is 7.74. The molecule has 41 heavy (non-hydrogen) atoms. The number of nitrogens with zero attached hydrogens (tertiary/aromatic N) is 5. The zero-order chi connectivity index (χ0) is 28.5. The molecule has 2 saturated heterocycles. The van der Waals surface area contributed by atoms with Gasteiger partial charge < -0.3 is 20.2 Å². The molecule has 0 spiro atoms. The molecule has 0 radical (unpaired) electrons. The van der Waals surface area contributed by atoms with Crippen LogP contribution in [0.15, 0.2) is 79.0 Å². The monoisotopic (exact) mass is 553 g/mol. The van der Waals surface area contributed by atoms with E-state index in [1.165, 1.54) is 0 Å². The first-order valence-corrected chi connectivity index (χ1v) is 13.5. The topological polar surface area (TPSA) is 125 Å². The second-order valence-electron chi connectivity index (χ2n) is 10.4. The number of aromatic nitrogens is 2. The molecule has 6 rings (SSSR count). The van der Waals surface area contributed by atoms with Gasteiger partial charge in [-0.15, -0.1) is 0 Å². The fraction of sp³-hybridized carbons (Fsp3) is 0.267. The molecule has 2 aliphatic rings. The average Bonchev–Trinajstić information content (AvgIpc) is 3.46. The summed E-state index contributed by atoms with van der Waals surface area (Å²) >= 11 is 0. The van der Waals surface area contributed by atoms with Crippen molar-refractivity contribution in [1.29, 1.82) is 0 Å². The first-order chi connectivity index (χ1) is 19.9. The highest BCUT2D eigenvalue weighted by Crippen LogP contribution is 2.30. The van der Waals surface area contributed by atoms with E-state index in [1.807, 2.05) is 48.5 Å². The van der Waals surface area contributed by atoms with Gasteiger partial charge in [0.05, 0.1) is 24.8 Å². The summed E-state index contributed by atoms with van der Waals surface area (Å²) < 4.78 is 0. The van der Waals surface area contributed by atoms with E-state index in [4.69, 9.17) is 0 Å². The number of aromatic hydroxyl groups is 1. The number of fused-ring (bicyclic) bond motifs is 2. The van der Waals surface area contributed by atoms with E-state index in [2.05, 4.69) is 15.5 Å². The van der Waals surface area contributed by atoms with Gasteiger partial charge in [-0.25, -0.2) is 14.8 Å². The summed E-state index contributed by atoms with van der Waals surface area (Å²) in [4.78, 5) is 44.5. The third kappa shape index (κ3) is 5.19. The number of phenolic OH excluding ortho intramolecular Hbond substituents is 1.